The van der Waals surface area contributed by atoms with Crippen molar-refractivity contribution in [1.29, 1.82) is 0 Å². The quantitative estimate of drug-likeness (QED) is 0.475. The second kappa shape index (κ2) is 11.0. The number of halogens is 2. The number of hydrogen-bond acceptors (Lipinski definition) is 7. The third-order valence-electron chi connectivity index (χ3n) is 5.72. The summed E-state index contributed by atoms with van der Waals surface area (Å²) in [7, 11) is 0. The molecule has 1 aromatic heterocycles. The van der Waals surface area contributed by atoms with Crippen molar-refractivity contribution in [3.8, 4) is 0 Å². The molecule has 2 aliphatic rings. The lowest BCUT2D eigenvalue weighted by atomic mass is 10.2. The van der Waals surface area contributed by atoms with E-state index in [0.29, 0.717) is 16.0 Å². The van der Waals surface area contributed by atoms with Crippen molar-refractivity contribution in [3.05, 3.63) is 33.8 Å². The molecule has 2 aliphatic heterocycles. The van der Waals surface area contributed by atoms with Crippen LogP contribution >= 0.6 is 23.2 Å². The Morgan fingerprint density at radius 3 is 1.84 bits per heavy atom. The van der Waals surface area contributed by atoms with Crippen LogP contribution in [0.1, 0.15) is 56.9 Å². The van der Waals surface area contributed by atoms with Gasteiger partial charge < -0.3 is 9.80 Å². The molecule has 166 valence electrons. The fraction of sp³-hybridized carbons (Fsp3) is 0.545. The predicted molar refractivity (Wildman–Crippen MR) is 129 cm³/mol. The standard InChI is InChI=1S/C22H29Cl2N7/c23-18-10-9-17(19(24)15-18)16-25-29-20-26-21(30-11-5-1-2-6-12-30)28-22(27-20)31-13-7-3-4-8-14-31/h9-10,15-16H,1-8,11-14H2,(H,26,27,28,29). The van der Waals surface area contributed by atoms with Gasteiger partial charge in [-0.05, 0) is 37.8 Å². The van der Waals surface area contributed by atoms with Crippen LogP contribution in [0.5, 0.6) is 0 Å². The van der Waals surface area contributed by atoms with E-state index in [1.165, 1.54) is 51.4 Å². The van der Waals surface area contributed by atoms with Crippen LogP contribution in [0.4, 0.5) is 17.8 Å². The Hall–Kier alpha value is -2.12. The lowest BCUT2D eigenvalue weighted by Gasteiger charge is -2.24. The van der Waals surface area contributed by atoms with Gasteiger partial charge in [-0.1, -0.05) is 55.0 Å². The highest BCUT2D eigenvalue weighted by Crippen LogP contribution is 2.23. The van der Waals surface area contributed by atoms with E-state index in [1.807, 2.05) is 6.07 Å². The second-order valence-electron chi connectivity index (χ2n) is 8.10. The Bertz CT molecular complexity index is 851. The number of anilines is 3. The van der Waals surface area contributed by atoms with Gasteiger partial charge in [-0.2, -0.15) is 20.1 Å². The topological polar surface area (TPSA) is 69.5 Å². The van der Waals surface area contributed by atoms with Gasteiger partial charge in [0.05, 0.1) is 11.2 Å². The third kappa shape index (κ3) is 6.20. The van der Waals surface area contributed by atoms with E-state index < -0.39 is 0 Å². The summed E-state index contributed by atoms with van der Waals surface area (Å²) in [6.45, 7) is 3.91. The number of aromatic nitrogens is 3. The van der Waals surface area contributed by atoms with Crippen LogP contribution in [0.3, 0.4) is 0 Å². The van der Waals surface area contributed by atoms with Crippen LogP contribution in [0.2, 0.25) is 10.0 Å². The third-order valence-corrected chi connectivity index (χ3v) is 6.28. The molecule has 9 heteroatoms. The molecule has 0 saturated carbocycles. The van der Waals surface area contributed by atoms with E-state index in [2.05, 4.69) is 30.3 Å². The van der Waals surface area contributed by atoms with E-state index in [1.54, 1.807) is 18.3 Å². The zero-order valence-electron chi connectivity index (χ0n) is 17.7. The molecule has 4 rings (SSSR count). The molecular weight excluding hydrogens is 433 g/mol. The Kier molecular flexibility index (Phi) is 7.81. The van der Waals surface area contributed by atoms with E-state index >= 15 is 0 Å². The first-order chi connectivity index (χ1) is 15.2. The van der Waals surface area contributed by atoms with Gasteiger partial charge in [0, 0.05) is 36.8 Å². The smallest absolute Gasteiger partial charge is 0.250 e. The summed E-state index contributed by atoms with van der Waals surface area (Å²) in [5, 5.41) is 5.46. The van der Waals surface area contributed by atoms with Crippen LogP contribution in [-0.2, 0) is 0 Å². The van der Waals surface area contributed by atoms with Gasteiger partial charge in [-0.3, -0.25) is 0 Å². The molecule has 2 fully saturated rings. The molecule has 0 radical (unpaired) electrons. The molecule has 2 aromatic rings. The highest BCUT2D eigenvalue weighted by atomic mass is 35.5. The molecule has 0 unspecified atom stereocenters. The van der Waals surface area contributed by atoms with E-state index in [0.717, 1.165) is 43.6 Å². The average Bonchev–Trinajstić information content (AvgIpc) is 3.21. The SMILES string of the molecule is Clc1ccc(C=NNc2nc(N3CCCCCC3)nc(N3CCCCCC3)n2)c(Cl)c1. The molecule has 7 nitrogen and oxygen atoms in total. The lowest BCUT2D eigenvalue weighted by molar-refractivity contribution is 0.726. The van der Waals surface area contributed by atoms with Crippen molar-refractivity contribution in [3.63, 3.8) is 0 Å². The summed E-state index contributed by atoms with van der Waals surface area (Å²) >= 11 is 12.2. The van der Waals surface area contributed by atoms with E-state index in [9.17, 15) is 0 Å². The van der Waals surface area contributed by atoms with Crippen LogP contribution in [-0.4, -0.2) is 47.3 Å². The Labute approximate surface area is 193 Å². The first kappa shape index (κ1) is 22.1. The highest BCUT2D eigenvalue weighted by Gasteiger charge is 2.19. The van der Waals surface area contributed by atoms with E-state index in [4.69, 9.17) is 28.2 Å². The number of hydrogen-bond donors (Lipinski definition) is 1. The molecule has 2 saturated heterocycles. The lowest BCUT2D eigenvalue weighted by Crippen LogP contribution is -2.30. The van der Waals surface area contributed by atoms with Crippen molar-refractivity contribution in [2.24, 2.45) is 5.10 Å². The molecular formula is C22H29Cl2N7. The minimum absolute atomic E-state index is 0.454. The Balaban J connectivity index is 1.57. The molecule has 3 heterocycles. The van der Waals surface area contributed by atoms with Crippen molar-refractivity contribution >= 4 is 47.3 Å². The maximum Gasteiger partial charge on any atom is 0.250 e. The summed E-state index contributed by atoms with van der Waals surface area (Å²) < 4.78 is 0. The molecule has 1 N–H and O–H groups in total. The van der Waals surface area contributed by atoms with Gasteiger partial charge in [0.25, 0.3) is 0 Å². The van der Waals surface area contributed by atoms with Gasteiger partial charge >= 0.3 is 0 Å². The Morgan fingerprint density at radius 1 is 0.774 bits per heavy atom. The summed E-state index contributed by atoms with van der Waals surface area (Å²) in [6.07, 6.45) is 11.4. The first-order valence-electron chi connectivity index (χ1n) is 11.2. The van der Waals surface area contributed by atoms with Crippen LogP contribution in [0.25, 0.3) is 0 Å². The molecule has 31 heavy (non-hydrogen) atoms. The second-order valence-corrected chi connectivity index (χ2v) is 8.94. The number of benzene rings is 1. The van der Waals surface area contributed by atoms with Gasteiger partial charge in [-0.15, -0.1) is 0 Å². The highest BCUT2D eigenvalue weighted by molar-refractivity contribution is 6.36. The maximum absolute atomic E-state index is 6.24. The maximum atomic E-state index is 6.24. The summed E-state index contributed by atoms with van der Waals surface area (Å²) in [6, 6.07) is 5.31. The number of hydrazone groups is 1. The van der Waals surface area contributed by atoms with Crippen LogP contribution < -0.4 is 15.2 Å². The van der Waals surface area contributed by atoms with Crippen LogP contribution in [0.15, 0.2) is 23.3 Å². The van der Waals surface area contributed by atoms with Gasteiger partial charge in [-0.25, -0.2) is 5.43 Å². The number of nitrogens with one attached hydrogen (secondary N) is 1. The fourth-order valence-electron chi connectivity index (χ4n) is 3.99. The largest absolute Gasteiger partial charge is 0.341 e. The minimum Gasteiger partial charge on any atom is -0.341 e. The first-order valence-corrected chi connectivity index (χ1v) is 11.9. The van der Waals surface area contributed by atoms with Gasteiger partial charge in [0.15, 0.2) is 0 Å². The minimum atomic E-state index is 0.454. The number of rotatable bonds is 5. The molecule has 0 aliphatic carbocycles. The zero-order chi connectivity index (χ0) is 21.5. The molecule has 1 aromatic carbocycles. The molecule has 0 amide bonds. The van der Waals surface area contributed by atoms with Crippen molar-refractivity contribution in [2.45, 2.75) is 51.4 Å². The normalized spacial score (nSPS) is 18.1. The van der Waals surface area contributed by atoms with Gasteiger partial charge in [0.1, 0.15) is 0 Å². The average molecular weight is 462 g/mol. The van der Waals surface area contributed by atoms with Crippen molar-refractivity contribution in [2.75, 3.05) is 41.4 Å². The van der Waals surface area contributed by atoms with Crippen molar-refractivity contribution in [1.82, 2.24) is 15.0 Å². The Morgan fingerprint density at radius 2 is 1.32 bits per heavy atom. The van der Waals surface area contributed by atoms with E-state index in [-0.39, 0.29) is 0 Å². The predicted octanol–water partition coefficient (Wildman–Crippen LogP) is 5.39. The summed E-state index contributed by atoms with van der Waals surface area (Å²) in [5.74, 6) is 1.92. The zero-order valence-corrected chi connectivity index (χ0v) is 19.2. The molecule has 0 atom stereocenters. The molecule has 0 bridgehead atoms. The van der Waals surface area contributed by atoms with Gasteiger partial charge in [0.2, 0.25) is 17.8 Å². The van der Waals surface area contributed by atoms with Crippen molar-refractivity contribution < 1.29 is 0 Å². The molecule has 0 spiro atoms. The van der Waals surface area contributed by atoms with Crippen LogP contribution in [0, 0.1) is 0 Å². The summed E-state index contributed by atoms with van der Waals surface area (Å²) in [5.41, 5.74) is 3.76. The summed E-state index contributed by atoms with van der Waals surface area (Å²) in [4.78, 5) is 18.8. The fourth-order valence-corrected chi connectivity index (χ4v) is 4.45. The monoisotopic (exact) mass is 461 g/mol. The number of nitrogens with zero attached hydrogens (tertiary/aromatic N) is 6.